The first-order valence-electron chi connectivity index (χ1n) is 6.54. The van der Waals surface area contributed by atoms with Crippen molar-refractivity contribution in [3.05, 3.63) is 35.4 Å². The van der Waals surface area contributed by atoms with Crippen LogP contribution in [0, 0.1) is 0 Å². The molecule has 0 spiro atoms. The number of halogens is 3. The van der Waals surface area contributed by atoms with Gasteiger partial charge in [0.25, 0.3) is 0 Å². The number of likely N-dealkylation sites (tertiary alicyclic amines) is 1. The highest BCUT2D eigenvalue weighted by molar-refractivity contribution is 5.28. The van der Waals surface area contributed by atoms with E-state index in [0.717, 1.165) is 44.5 Å². The topological polar surface area (TPSA) is 23.5 Å². The Labute approximate surface area is 110 Å². The van der Waals surface area contributed by atoms with E-state index in [-0.39, 0.29) is 12.6 Å². The lowest BCUT2D eigenvalue weighted by Gasteiger charge is -2.34. The van der Waals surface area contributed by atoms with Gasteiger partial charge in [0.2, 0.25) is 0 Å². The van der Waals surface area contributed by atoms with Crippen LogP contribution in [0.4, 0.5) is 13.2 Å². The Morgan fingerprint density at radius 1 is 1.16 bits per heavy atom. The number of hydrogen-bond donors (Lipinski definition) is 1. The second kappa shape index (κ2) is 5.92. The van der Waals surface area contributed by atoms with Crippen molar-refractivity contribution < 1.29 is 18.3 Å². The second-order valence-corrected chi connectivity index (χ2v) is 4.92. The molecular formula is C14H18F3NO. The van der Waals surface area contributed by atoms with E-state index >= 15 is 0 Å². The maximum Gasteiger partial charge on any atom is 0.416 e. The lowest BCUT2D eigenvalue weighted by Crippen LogP contribution is -2.35. The van der Waals surface area contributed by atoms with Gasteiger partial charge >= 0.3 is 6.18 Å². The zero-order valence-corrected chi connectivity index (χ0v) is 10.7. The molecule has 1 aromatic rings. The molecule has 19 heavy (non-hydrogen) atoms. The van der Waals surface area contributed by atoms with Crippen molar-refractivity contribution in [2.75, 3.05) is 19.7 Å². The van der Waals surface area contributed by atoms with Gasteiger partial charge in [0.05, 0.1) is 18.2 Å². The van der Waals surface area contributed by atoms with Crippen LogP contribution in [0.3, 0.4) is 0 Å². The lowest BCUT2D eigenvalue weighted by atomic mass is 10.0. The molecule has 1 saturated heterocycles. The normalized spacial score (nSPS) is 19.4. The van der Waals surface area contributed by atoms with Crippen molar-refractivity contribution in [1.29, 1.82) is 0 Å². The van der Waals surface area contributed by atoms with Gasteiger partial charge in [-0.3, -0.25) is 4.90 Å². The third kappa shape index (κ3) is 3.48. The van der Waals surface area contributed by atoms with Crippen molar-refractivity contribution in [3.63, 3.8) is 0 Å². The molecule has 2 rings (SSSR count). The molecule has 106 valence electrons. The summed E-state index contributed by atoms with van der Waals surface area (Å²) in [5.74, 6) is 0. The molecule has 2 nitrogen and oxygen atoms in total. The van der Waals surface area contributed by atoms with Crippen LogP contribution in [0.25, 0.3) is 0 Å². The predicted octanol–water partition coefficient (Wildman–Crippen LogP) is 3.22. The number of aliphatic hydroxyl groups excluding tert-OH is 1. The van der Waals surface area contributed by atoms with Gasteiger partial charge in [-0.05, 0) is 43.6 Å². The van der Waals surface area contributed by atoms with E-state index in [1.807, 2.05) is 0 Å². The maximum absolute atomic E-state index is 12.7. The number of piperidine rings is 1. The van der Waals surface area contributed by atoms with Crippen LogP contribution in [0.15, 0.2) is 24.3 Å². The number of nitrogens with zero attached hydrogens (tertiary/aromatic N) is 1. The van der Waals surface area contributed by atoms with E-state index in [1.165, 1.54) is 6.07 Å². The van der Waals surface area contributed by atoms with Gasteiger partial charge < -0.3 is 5.11 Å². The average Bonchev–Trinajstić information content (AvgIpc) is 2.40. The predicted molar refractivity (Wildman–Crippen MR) is 66.7 cm³/mol. The number of rotatable bonds is 3. The summed E-state index contributed by atoms with van der Waals surface area (Å²) in [7, 11) is 0. The Bertz CT molecular complexity index is 413. The molecule has 1 aromatic carbocycles. The number of benzene rings is 1. The third-order valence-corrected chi connectivity index (χ3v) is 3.60. The van der Waals surface area contributed by atoms with Crippen LogP contribution in [0.5, 0.6) is 0 Å². The van der Waals surface area contributed by atoms with E-state index in [4.69, 9.17) is 0 Å². The third-order valence-electron chi connectivity index (χ3n) is 3.60. The first-order valence-corrected chi connectivity index (χ1v) is 6.54. The fraction of sp³-hybridized carbons (Fsp3) is 0.571. The van der Waals surface area contributed by atoms with Crippen molar-refractivity contribution in [1.82, 2.24) is 4.90 Å². The van der Waals surface area contributed by atoms with Gasteiger partial charge in [-0.2, -0.15) is 13.2 Å². The van der Waals surface area contributed by atoms with Gasteiger partial charge in [0.15, 0.2) is 0 Å². The minimum absolute atomic E-state index is 0.151. The van der Waals surface area contributed by atoms with Gasteiger partial charge in [-0.25, -0.2) is 0 Å². The smallest absolute Gasteiger partial charge is 0.394 e. The molecule has 1 aliphatic rings. The molecule has 0 amide bonds. The van der Waals surface area contributed by atoms with Crippen LogP contribution >= 0.6 is 0 Å². The molecule has 0 radical (unpaired) electrons. The Balaban J connectivity index is 2.22. The average molecular weight is 273 g/mol. The molecule has 1 heterocycles. The molecule has 0 aromatic heterocycles. The summed E-state index contributed by atoms with van der Waals surface area (Å²) in [6, 6.07) is 4.95. The Morgan fingerprint density at radius 2 is 1.84 bits per heavy atom. The Morgan fingerprint density at radius 3 is 2.42 bits per heavy atom. The van der Waals surface area contributed by atoms with Crippen LogP contribution in [-0.2, 0) is 6.18 Å². The van der Waals surface area contributed by atoms with Crippen LogP contribution in [0.1, 0.15) is 36.4 Å². The van der Waals surface area contributed by atoms with Crippen LogP contribution in [0.2, 0.25) is 0 Å². The monoisotopic (exact) mass is 273 g/mol. The van der Waals surface area contributed by atoms with Gasteiger partial charge in [-0.15, -0.1) is 0 Å². The summed E-state index contributed by atoms with van der Waals surface area (Å²) < 4.78 is 38.1. The van der Waals surface area contributed by atoms with Gasteiger partial charge in [-0.1, -0.05) is 18.6 Å². The van der Waals surface area contributed by atoms with E-state index < -0.39 is 11.7 Å². The van der Waals surface area contributed by atoms with Crippen molar-refractivity contribution in [2.45, 2.75) is 31.5 Å². The minimum atomic E-state index is -4.34. The van der Waals surface area contributed by atoms with Crippen molar-refractivity contribution in [3.8, 4) is 0 Å². The zero-order chi connectivity index (χ0) is 13.9. The van der Waals surface area contributed by atoms with Crippen LogP contribution < -0.4 is 0 Å². The largest absolute Gasteiger partial charge is 0.416 e. The fourth-order valence-electron chi connectivity index (χ4n) is 2.58. The summed E-state index contributed by atoms with van der Waals surface area (Å²) in [6.07, 6.45) is -1.11. The SMILES string of the molecule is OC[C@@H](c1cccc(C(F)(F)F)c1)N1CCCCC1. The molecule has 0 bridgehead atoms. The summed E-state index contributed by atoms with van der Waals surface area (Å²) in [4.78, 5) is 2.07. The van der Waals surface area contributed by atoms with E-state index in [2.05, 4.69) is 4.90 Å². The lowest BCUT2D eigenvalue weighted by molar-refractivity contribution is -0.137. The highest BCUT2D eigenvalue weighted by Gasteiger charge is 2.31. The molecule has 1 N–H and O–H groups in total. The van der Waals surface area contributed by atoms with E-state index in [0.29, 0.717) is 5.56 Å². The maximum atomic E-state index is 12.7. The number of aliphatic hydroxyl groups is 1. The number of alkyl halides is 3. The first-order chi connectivity index (χ1) is 9.02. The van der Waals surface area contributed by atoms with Gasteiger partial charge in [0, 0.05) is 0 Å². The second-order valence-electron chi connectivity index (χ2n) is 4.92. The number of hydrogen-bond acceptors (Lipinski definition) is 2. The molecule has 5 heteroatoms. The van der Waals surface area contributed by atoms with Crippen molar-refractivity contribution in [2.24, 2.45) is 0 Å². The summed E-state index contributed by atoms with van der Waals surface area (Å²) >= 11 is 0. The highest BCUT2D eigenvalue weighted by Crippen LogP contribution is 2.32. The molecule has 1 fully saturated rings. The zero-order valence-electron chi connectivity index (χ0n) is 10.7. The fourth-order valence-corrected chi connectivity index (χ4v) is 2.58. The molecular weight excluding hydrogens is 255 g/mol. The summed E-state index contributed by atoms with van der Waals surface area (Å²) in [5, 5.41) is 9.50. The van der Waals surface area contributed by atoms with E-state index in [1.54, 1.807) is 6.07 Å². The molecule has 1 atom stereocenters. The van der Waals surface area contributed by atoms with E-state index in [9.17, 15) is 18.3 Å². The standard InChI is InChI=1S/C14H18F3NO/c15-14(16,17)12-6-4-5-11(9-12)13(10-19)18-7-2-1-3-8-18/h4-6,9,13,19H,1-3,7-8,10H2/t13-/m0/s1. The Hall–Kier alpha value is -1.07. The first kappa shape index (κ1) is 14.3. The molecule has 1 aliphatic heterocycles. The highest BCUT2D eigenvalue weighted by atomic mass is 19.4. The summed E-state index contributed by atoms with van der Waals surface area (Å²) in [6.45, 7) is 1.52. The molecule has 0 aliphatic carbocycles. The molecule has 0 saturated carbocycles. The quantitative estimate of drug-likeness (QED) is 0.914. The minimum Gasteiger partial charge on any atom is -0.394 e. The van der Waals surface area contributed by atoms with Gasteiger partial charge in [0.1, 0.15) is 0 Å². The van der Waals surface area contributed by atoms with Crippen LogP contribution in [-0.4, -0.2) is 29.7 Å². The van der Waals surface area contributed by atoms with Crippen molar-refractivity contribution >= 4 is 0 Å². The Kier molecular flexibility index (Phi) is 4.47. The molecule has 0 unspecified atom stereocenters. The summed E-state index contributed by atoms with van der Waals surface area (Å²) in [5.41, 5.74) is -0.111.